The zero-order valence-electron chi connectivity index (χ0n) is 16.8. The van der Waals surface area contributed by atoms with Crippen LogP contribution in [0, 0.1) is 0 Å². The average molecular weight is 454 g/mol. The Balaban J connectivity index is 1.58. The number of ether oxygens (including phenoxy) is 1. The van der Waals surface area contributed by atoms with Gasteiger partial charge < -0.3 is 4.74 Å². The number of hydrogen-bond acceptors (Lipinski definition) is 6. The number of benzene rings is 3. The van der Waals surface area contributed by atoms with E-state index in [0.717, 1.165) is 14.5 Å². The Hall–Kier alpha value is -3.43. The van der Waals surface area contributed by atoms with Gasteiger partial charge in [-0.3, -0.25) is 14.4 Å². The van der Waals surface area contributed by atoms with E-state index in [2.05, 4.69) is 10.3 Å². The molecular weight excluding hydrogens is 434 g/mol. The standard InChI is InChI=1S/C22H19N3O4S2/c1-25(16-10-12-17(29-2)13-11-16)31(27,28)18-7-5-6-15(14-18)21(26)24-22-23-19-8-3-4-9-20(19)30-22/h3-14H,1-2H3,(H,23,24,26). The number of para-hydroxylation sites is 1. The summed E-state index contributed by atoms with van der Waals surface area (Å²) in [5, 5.41) is 3.20. The molecule has 1 N–H and O–H groups in total. The molecule has 0 atom stereocenters. The quantitative estimate of drug-likeness (QED) is 0.468. The summed E-state index contributed by atoms with van der Waals surface area (Å²) >= 11 is 1.36. The van der Waals surface area contributed by atoms with Crippen molar-refractivity contribution in [1.29, 1.82) is 0 Å². The minimum Gasteiger partial charge on any atom is -0.497 e. The molecule has 0 aliphatic rings. The molecule has 0 fully saturated rings. The van der Waals surface area contributed by atoms with Gasteiger partial charge in [-0.15, -0.1) is 0 Å². The molecule has 4 aromatic rings. The minimum absolute atomic E-state index is 0.0165. The lowest BCUT2D eigenvalue weighted by Crippen LogP contribution is -2.26. The largest absolute Gasteiger partial charge is 0.497 e. The van der Waals surface area contributed by atoms with Gasteiger partial charge in [0.25, 0.3) is 15.9 Å². The molecule has 9 heteroatoms. The van der Waals surface area contributed by atoms with Crippen molar-refractivity contribution >= 4 is 48.3 Å². The molecular formula is C22H19N3O4S2. The highest BCUT2D eigenvalue weighted by molar-refractivity contribution is 7.92. The van der Waals surface area contributed by atoms with E-state index < -0.39 is 15.9 Å². The molecule has 4 rings (SSSR count). The Kier molecular flexibility index (Phi) is 5.62. The predicted octanol–water partition coefficient (Wildman–Crippen LogP) is 4.38. The van der Waals surface area contributed by atoms with Crippen molar-refractivity contribution in [2.45, 2.75) is 4.90 Å². The van der Waals surface area contributed by atoms with Crippen LogP contribution in [0.25, 0.3) is 10.2 Å². The van der Waals surface area contributed by atoms with E-state index in [0.29, 0.717) is 16.6 Å². The second-order valence-corrected chi connectivity index (χ2v) is 9.64. The summed E-state index contributed by atoms with van der Waals surface area (Å²) in [6, 6.07) is 20.2. The molecule has 1 aromatic heterocycles. The topological polar surface area (TPSA) is 88.6 Å². The minimum atomic E-state index is -3.86. The Labute approximate surface area is 184 Å². The summed E-state index contributed by atoms with van der Waals surface area (Å²) in [7, 11) is -0.856. The van der Waals surface area contributed by atoms with Gasteiger partial charge in [0, 0.05) is 12.6 Å². The van der Waals surface area contributed by atoms with Gasteiger partial charge in [0.1, 0.15) is 5.75 Å². The zero-order chi connectivity index (χ0) is 22.0. The molecule has 0 saturated heterocycles. The molecule has 158 valence electrons. The molecule has 0 bridgehead atoms. The van der Waals surface area contributed by atoms with Gasteiger partial charge in [0.15, 0.2) is 5.13 Å². The number of aromatic nitrogens is 1. The van der Waals surface area contributed by atoms with Crippen LogP contribution in [0.5, 0.6) is 5.75 Å². The van der Waals surface area contributed by atoms with Gasteiger partial charge in [-0.05, 0) is 54.6 Å². The Morgan fingerprint density at radius 1 is 1.03 bits per heavy atom. The van der Waals surface area contributed by atoms with Crippen LogP contribution in [0.4, 0.5) is 10.8 Å². The van der Waals surface area contributed by atoms with Crippen LogP contribution in [0.15, 0.2) is 77.7 Å². The number of anilines is 2. The van der Waals surface area contributed by atoms with Crippen molar-refractivity contribution in [3.05, 3.63) is 78.4 Å². The summed E-state index contributed by atoms with van der Waals surface area (Å²) < 4.78 is 33.4. The van der Waals surface area contributed by atoms with Crippen molar-refractivity contribution in [3.63, 3.8) is 0 Å². The van der Waals surface area contributed by atoms with Gasteiger partial charge in [0.2, 0.25) is 0 Å². The zero-order valence-corrected chi connectivity index (χ0v) is 18.4. The highest BCUT2D eigenvalue weighted by Crippen LogP contribution is 2.27. The third-order valence-electron chi connectivity index (χ3n) is 4.71. The number of thiazole rings is 1. The molecule has 1 heterocycles. The molecule has 1 amide bonds. The van der Waals surface area contributed by atoms with Crippen LogP contribution in [-0.2, 0) is 10.0 Å². The third-order valence-corrected chi connectivity index (χ3v) is 7.44. The summed E-state index contributed by atoms with van der Waals surface area (Å²) in [5.41, 5.74) is 1.49. The summed E-state index contributed by atoms with van der Waals surface area (Å²) in [6.07, 6.45) is 0. The fourth-order valence-electron chi connectivity index (χ4n) is 2.98. The second-order valence-electron chi connectivity index (χ2n) is 6.64. The number of amides is 1. The number of sulfonamides is 1. The van der Waals surface area contributed by atoms with Crippen molar-refractivity contribution in [2.75, 3.05) is 23.8 Å². The molecule has 0 aliphatic heterocycles. The smallest absolute Gasteiger partial charge is 0.264 e. The lowest BCUT2D eigenvalue weighted by molar-refractivity contribution is 0.102. The van der Waals surface area contributed by atoms with E-state index in [-0.39, 0.29) is 10.5 Å². The summed E-state index contributed by atoms with van der Waals surface area (Å²) in [4.78, 5) is 17.1. The van der Waals surface area contributed by atoms with Crippen molar-refractivity contribution in [3.8, 4) is 5.75 Å². The first-order valence-corrected chi connectivity index (χ1v) is 11.5. The normalized spacial score (nSPS) is 11.3. The van der Waals surface area contributed by atoms with Crippen LogP contribution in [0.3, 0.4) is 0 Å². The summed E-state index contributed by atoms with van der Waals surface area (Å²) in [5.74, 6) is 0.200. The second kappa shape index (κ2) is 8.37. The van der Waals surface area contributed by atoms with Crippen LogP contribution >= 0.6 is 11.3 Å². The molecule has 0 radical (unpaired) electrons. The first-order chi connectivity index (χ1) is 14.9. The first-order valence-electron chi connectivity index (χ1n) is 9.28. The van der Waals surface area contributed by atoms with E-state index in [9.17, 15) is 13.2 Å². The van der Waals surface area contributed by atoms with E-state index in [1.807, 2.05) is 24.3 Å². The van der Waals surface area contributed by atoms with Crippen LogP contribution in [0.2, 0.25) is 0 Å². The predicted molar refractivity (Wildman–Crippen MR) is 123 cm³/mol. The van der Waals surface area contributed by atoms with Gasteiger partial charge in [-0.25, -0.2) is 13.4 Å². The van der Waals surface area contributed by atoms with Crippen LogP contribution in [-0.4, -0.2) is 33.5 Å². The number of hydrogen-bond donors (Lipinski definition) is 1. The first kappa shape index (κ1) is 20.8. The SMILES string of the molecule is COc1ccc(N(C)S(=O)(=O)c2cccc(C(=O)Nc3nc4ccccc4s3)c2)cc1. The Morgan fingerprint density at radius 2 is 1.77 bits per heavy atom. The number of nitrogens with zero attached hydrogens (tertiary/aromatic N) is 2. The molecule has 3 aromatic carbocycles. The lowest BCUT2D eigenvalue weighted by Gasteiger charge is -2.20. The third kappa shape index (κ3) is 4.23. The number of carbonyl (C=O) groups excluding carboxylic acids is 1. The maximum atomic E-state index is 13.1. The summed E-state index contributed by atoms with van der Waals surface area (Å²) in [6.45, 7) is 0. The fraction of sp³-hybridized carbons (Fsp3) is 0.0909. The molecule has 0 spiro atoms. The highest BCUT2D eigenvalue weighted by atomic mass is 32.2. The van der Waals surface area contributed by atoms with E-state index in [1.54, 1.807) is 43.5 Å². The van der Waals surface area contributed by atoms with E-state index in [4.69, 9.17) is 4.74 Å². The van der Waals surface area contributed by atoms with Gasteiger partial charge >= 0.3 is 0 Å². The molecule has 7 nitrogen and oxygen atoms in total. The van der Waals surface area contributed by atoms with E-state index in [1.165, 1.54) is 30.5 Å². The lowest BCUT2D eigenvalue weighted by atomic mass is 10.2. The number of fused-ring (bicyclic) bond motifs is 1. The maximum Gasteiger partial charge on any atom is 0.264 e. The van der Waals surface area contributed by atoms with Crippen LogP contribution < -0.4 is 14.4 Å². The number of rotatable bonds is 6. The van der Waals surface area contributed by atoms with Crippen molar-refractivity contribution in [1.82, 2.24) is 4.98 Å². The Morgan fingerprint density at radius 3 is 2.48 bits per heavy atom. The molecule has 0 saturated carbocycles. The average Bonchev–Trinajstić information content (AvgIpc) is 3.21. The number of methoxy groups -OCH3 is 1. The monoisotopic (exact) mass is 453 g/mol. The van der Waals surface area contributed by atoms with E-state index >= 15 is 0 Å². The van der Waals surface area contributed by atoms with Crippen molar-refractivity contribution in [2.24, 2.45) is 0 Å². The fourth-order valence-corrected chi connectivity index (χ4v) is 5.08. The number of carbonyl (C=O) groups is 1. The van der Waals surface area contributed by atoms with Gasteiger partial charge in [-0.1, -0.05) is 29.5 Å². The highest BCUT2D eigenvalue weighted by Gasteiger charge is 2.23. The van der Waals surface area contributed by atoms with Crippen molar-refractivity contribution < 1.29 is 17.9 Å². The van der Waals surface area contributed by atoms with Gasteiger partial charge in [0.05, 0.1) is 27.9 Å². The maximum absolute atomic E-state index is 13.1. The molecule has 0 unspecified atom stereocenters. The molecule has 31 heavy (non-hydrogen) atoms. The molecule has 0 aliphatic carbocycles. The number of nitrogens with one attached hydrogen (secondary N) is 1. The van der Waals surface area contributed by atoms with Crippen LogP contribution in [0.1, 0.15) is 10.4 Å². The van der Waals surface area contributed by atoms with Gasteiger partial charge in [-0.2, -0.15) is 0 Å². The Bertz CT molecular complexity index is 1320.